The third kappa shape index (κ3) is 2.96. The van der Waals surface area contributed by atoms with Crippen LogP contribution in [-0.4, -0.2) is 39.9 Å². The van der Waals surface area contributed by atoms with Gasteiger partial charge in [0.15, 0.2) is 0 Å². The SMILES string of the molecule is O=C(Cn1nnc2ccccc21)NCC(=O)N1CCc2ccccc21. The zero-order chi connectivity index (χ0) is 17.2. The molecule has 0 radical (unpaired) electrons. The number of rotatable bonds is 4. The number of nitrogens with zero attached hydrogens (tertiary/aromatic N) is 4. The topological polar surface area (TPSA) is 80.1 Å². The van der Waals surface area contributed by atoms with Crippen LogP contribution in [0.25, 0.3) is 11.0 Å². The lowest BCUT2D eigenvalue weighted by Crippen LogP contribution is -2.40. The predicted molar refractivity (Wildman–Crippen MR) is 93.0 cm³/mol. The Morgan fingerprint density at radius 3 is 2.80 bits per heavy atom. The van der Waals surface area contributed by atoms with E-state index in [0.717, 1.165) is 28.7 Å². The molecule has 0 unspecified atom stereocenters. The van der Waals surface area contributed by atoms with E-state index in [-0.39, 0.29) is 24.9 Å². The second-order valence-corrected chi connectivity index (χ2v) is 5.94. The highest BCUT2D eigenvalue weighted by Gasteiger charge is 2.24. The maximum absolute atomic E-state index is 12.4. The fourth-order valence-corrected chi connectivity index (χ4v) is 3.09. The van der Waals surface area contributed by atoms with Gasteiger partial charge in [0.25, 0.3) is 0 Å². The van der Waals surface area contributed by atoms with Crippen LogP contribution in [0.2, 0.25) is 0 Å². The van der Waals surface area contributed by atoms with Gasteiger partial charge in [-0.05, 0) is 30.2 Å². The fourth-order valence-electron chi connectivity index (χ4n) is 3.09. The van der Waals surface area contributed by atoms with E-state index in [1.807, 2.05) is 48.5 Å². The third-order valence-electron chi connectivity index (χ3n) is 4.34. The first-order valence-corrected chi connectivity index (χ1v) is 8.15. The lowest BCUT2D eigenvalue weighted by Gasteiger charge is -2.17. The van der Waals surface area contributed by atoms with Gasteiger partial charge in [-0.15, -0.1) is 5.10 Å². The summed E-state index contributed by atoms with van der Waals surface area (Å²) in [5.41, 5.74) is 3.62. The zero-order valence-electron chi connectivity index (χ0n) is 13.6. The van der Waals surface area contributed by atoms with Gasteiger partial charge >= 0.3 is 0 Å². The van der Waals surface area contributed by atoms with Crippen molar-refractivity contribution in [3.8, 4) is 0 Å². The van der Waals surface area contributed by atoms with Gasteiger partial charge in [0.1, 0.15) is 12.1 Å². The molecule has 1 aromatic heterocycles. The standard InChI is InChI=1S/C18H17N5O2/c24-17(12-23-16-8-4-2-6-14(16)20-21-23)19-11-18(25)22-10-9-13-5-1-3-7-15(13)22/h1-8H,9-12H2,(H,19,24). The van der Waals surface area contributed by atoms with E-state index in [1.54, 1.807) is 4.90 Å². The molecule has 0 spiro atoms. The maximum Gasteiger partial charge on any atom is 0.246 e. The smallest absolute Gasteiger partial charge is 0.246 e. The lowest BCUT2D eigenvalue weighted by molar-refractivity contribution is -0.125. The van der Waals surface area contributed by atoms with Crippen molar-refractivity contribution in [3.63, 3.8) is 0 Å². The summed E-state index contributed by atoms with van der Waals surface area (Å²) in [4.78, 5) is 26.3. The Morgan fingerprint density at radius 1 is 1.08 bits per heavy atom. The second kappa shape index (κ2) is 6.35. The third-order valence-corrected chi connectivity index (χ3v) is 4.34. The summed E-state index contributed by atoms with van der Waals surface area (Å²) in [6, 6.07) is 15.3. The van der Waals surface area contributed by atoms with Crippen molar-refractivity contribution in [2.24, 2.45) is 0 Å². The van der Waals surface area contributed by atoms with Gasteiger partial charge in [-0.1, -0.05) is 35.5 Å². The molecule has 2 amide bonds. The van der Waals surface area contributed by atoms with Crippen molar-refractivity contribution < 1.29 is 9.59 Å². The average molecular weight is 335 g/mol. The van der Waals surface area contributed by atoms with Crippen LogP contribution in [0.15, 0.2) is 48.5 Å². The van der Waals surface area contributed by atoms with E-state index in [0.29, 0.717) is 6.54 Å². The van der Waals surface area contributed by atoms with E-state index in [1.165, 1.54) is 4.68 Å². The van der Waals surface area contributed by atoms with Crippen molar-refractivity contribution in [1.82, 2.24) is 20.3 Å². The molecule has 7 nitrogen and oxygen atoms in total. The molecule has 25 heavy (non-hydrogen) atoms. The van der Waals surface area contributed by atoms with Crippen LogP contribution in [0.3, 0.4) is 0 Å². The average Bonchev–Trinajstić information content (AvgIpc) is 3.24. The van der Waals surface area contributed by atoms with Gasteiger partial charge in [-0.25, -0.2) is 4.68 Å². The number of para-hydroxylation sites is 2. The molecule has 2 heterocycles. The van der Waals surface area contributed by atoms with E-state index < -0.39 is 0 Å². The molecular weight excluding hydrogens is 318 g/mol. The quantitative estimate of drug-likeness (QED) is 0.775. The van der Waals surface area contributed by atoms with Crippen LogP contribution >= 0.6 is 0 Å². The molecule has 0 saturated heterocycles. The van der Waals surface area contributed by atoms with Crippen molar-refractivity contribution >= 4 is 28.5 Å². The van der Waals surface area contributed by atoms with Crippen LogP contribution < -0.4 is 10.2 Å². The van der Waals surface area contributed by atoms with E-state index in [2.05, 4.69) is 15.6 Å². The van der Waals surface area contributed by atoms with Gasteiger partial charge in [0.2, 0.25) is 11.8 Å². The number of amides is 2. The molecule has 0 saturated carbocycles. The van der Waals surface area contributed by atoms with Gasteiger partial charge in [0.05, 0.1) is 12.1 Å². The molecule has 3 aromatic rings. The number of hydrogen-bond acceptors (Lipinski definition) is 4. The second-order valence-electron chi connectivity index (χ2n) is 5.94. The van der Waals surface area contributed by atoms with Crippen LogP contribution in [0.4, 0.5) is 5.69 Å². The summed E-state index contributed by atoms with van der Waals surface area (Å²) in [6.07, 6.45) is 0.848. The number of aromatic nitrogens is 3. The largest absolute Gasteiger partial charge is 0.345 e. The molecule has 7 heteroatoms. The Kier molecular flexibility index (Phi) is 3.89. The Morgan fingerprint density at radius 2 is 1.88 bits per heavy atom. The van der Waals surface area contributed by atoms with E-state index in [4.69, 9.17) is 0 Å². The molecule has 0 atom stereocenters. The number of anilines is 1. The number of carbonyl (C=O) groups is 2. The van der Waals surface area contributed by atoms with E-state index >= 15 is 0 Å². The summed E-state index contributed by atoms with van der Waals surface area (Å²) < 4.78 is 1.53. The highest BCUT2D eigenvalue weighted by atomic mass is 16.2. The number of benzene rings is 2. The Labute approximate surface area is 144 Å². The molecule has 0 aliphatic carbocycles. The Hall–Kier alpha value is -3.22. The first kappa shape index (κ1) is 15.3. The predicted octanol–water partition coefficient (Wildman–Crippen LogP) is 1.14. The summed E-state index contributed by atoms with van der Waals surface area (Å²) >= 11 is 0. The molecule has 1 aliphatic rings. The van der Waals surface area contributed by atoms with Gasteiger partial charge in [0, 0.05) is 12.2 Å². The Balaban J connectivity index is 1.37. The maximum atomic E-state index is 12.4. The summed E-state index contributed by atoms with van der Waals surface area (Å²) in [5, 5.41) is 10.7. The number of carbonyl (C=O) groups excluding carboxylic acids is 2. The molecule has 1 aliphatic heterocycles. The lowest BCUT2D eigenvalue weighted by atomic mass is 10.2. The van der Waals surface area contributed by atoms with Crippen LogP contribution in [0.1, 0.15) is 5.56 Å². The monoisotopic (exact) mass is 335 g/mol. The zero-order valence-corrected chi connectivity index (χ0v) is 13.6. The first-order valence-electron chi connectivity index (χ1n) is 8.15. The van der Waals surface area contributed by atoms with Gasteiger partial charge < -0.3 is 10.2 Å². The van der Waals surface area contributed by atoms with Gasteiger partial charge in [-0.3, -0.25) is 9.59 Å². The fraction of sp³-hybridized carbons (Fsp3) is 0.222. The molecule has 0 fully saturated rings. The number of hydrogen-bond donors (Lipinski definition) is 1. The molecule has 1 N–H and O–H groups in total. The highest BCUT2D eigenvalue weighted by Crippen LogP contribution is 2.27. The molecular formula is C18H17N5O2. The van der Waals surface area contributed by atoms with Crippen LogP contribution in [0.5, 0.6) is 0 Å². The molecule has 4 rings (SSSR count). The minimum Gasteiger partial charge on any atom is -0.345 e. The normalized spacial score (nSPS) is 13.0. The van der Waals surface area contributed by atoms with Crippen molar-refractivity contribution in [3.05, 3.63) is 54.1 Å². The summed E-state index contributed by atoms with van der Waals surface area (Å²) in [6.45, 7) is 0.659. The van der Waals surface area contributed by atoms with Crippen LogP contribution in [0, 0.1) is 0 Å². The minimum atomic E-state index is -0.267. The van der Waals surface area contributed by atoms with E-state index in [9.17, 15) is 9.59 Å². The number of nitrogens with one attached hydrogen (secondary N) is 1. The van der Waals surface area contributed by atoms with Gasteiger partial charge in [-0.2, -0.15) is 0 Å². The number of fused-ring (bicyclic) bond motifs is 2. The first-order chi connectivity index (χ1) is 12.2. The molecule has 2 aromatic carbocycles. The van der Waals surface area contributed by atoms with Crippen molar-refractivity contribution in [2.45, 2.75) is 13.0 Å². The minimum absolute atomic E-state index is 0.0280. The molecule has 126 valence electrons. The molecule has 0 bridgehead atoms. The summed E-state index contributed by atoms with van der Waals surface area (Å²) in [7, 11) is 0. The van der Waals surface area contributed by atoms with Crippen molar-refractivity contribution in [1.29, 1.82) is 0 Å². The highest BCUT2D eigenvalue weighted by molar-refractivity contribution is 5.98. The summed E-state index contributed by atoms with van der Waals surface area (Å²) in [5.74, 6) is -0.377. The van der Waals surface area contributed by atoms with Crippen LogP contribution in [-0.2, 0) is 22.6 Å². The Bertz CT molecular complexity index is 949. The van der Waals surface area contributed by atoms with Crippen molar-refractivity contribution in [2.75, 3.05) is 18.0 Å².